The monoisotopic (exact) mass is 372 g/mol. The number of thiocarbonyl (C=S) groups is 1. The van der Waals surface area contributed by atoms with Gasteiger partial charge in [0.05, 0.1) is 26.4 Å². The molecule has 7 heteroatoms. The summed E-state index contributed by atoms with van der Waals surface area (Å²) < 4.78 is 23.8. The molecule has 1 aliphatic rings. The second-order valence-corrected chi connectivity index (χ2v) is 6.12. The van der Waals surface area contributed by atoms with Crippen molar-refractivity contribution in [1.82, 2.24) is 0 Å². The number of fused-ring (bicyclic) bond motifs is 1. The number of ether oxygens (including phenoxy) is 2. The Kier molecular flexibility index (Phi) is 5.27. The van der Waals surface area contributed by atoms with Crippen molar-refractivity contribution in [2.75, 3.05) is 19.5 Å². The first-order valence-electron chi connectivity index (χ1n) is 7.91. The summed E-state index contributed by atoms with van der Waals surface area (Å²) in [6, 6.07) is 10.9. The maximum atomic E-state index is 13.8. The van der Waals surface area contributed by atoms with Gasteiger partial charge in [-0.3, -0.25) is 9.79 Å². The Morgan fingerprint density at radius 3 is 2.77 bits per heavy atom. The molecule has 0 saturated heterocycles. The third kappa shape index (κ3) is 3.72. The molecule has 3 rings (SSSR count). The van der Waals surface area contributed by atoms with Crippen LogP contribution in [0.25, 0.3) is 0 Å². The standard InChI is InChI=1S/C19H17FN2O3S/c1-24-13-6-7-15-14(9-13)18(11-4-3-5-12(20)8-11)21-16(19(26)22-15)10-17(23)25-2/h3-9,16H,10H2,1-2H3,(H,22,26)/t16-/m0/s1. The molecule has 2 aromatic rings. The van der Waals surface area contributed by atoms with Crippen molar-refractivity contribution >= 4 is 34.6 Å². The molecule has 1 heterocycles. The first-order valence-corrected chi connectivity index (χ1v) is 8.32. The third-order valence-electron chi connectivity index (χ3n) is 4.01. The third-order valence-corrected chi connectivity index (χ3v) is 4.39. The number of hydrogen-bond donors (Lipinski definition) is 1. The molecule has 0 fully saturated rings. The van der Waals surface area contributed by atoms with Gasteiger partial charge in [0.25, 0.3) is 0 Å². The Morgan fingerprint density at radius 2 is 2.08 bits per heavy atom. The van der Waals surface area contributed by atoms with Crippen molar-refractivity contribution in [3.05, 3.63) is 59.4 Å². The molecule has 1 aliphatic heterocycles. The predicted octanol–water partition coefficient (Wildman–Crippen LogP) is 3.36. The molecule has 0 radical (unpaired) electrons. The number of hydrogen-bond acceptors (Lipinski definition) is 5. The molecular formula is C19H17FN2O3S. The van der Waals surface area contributed by atoms with Gasteiger partial charge in [-0.15, -0.1) is 0 Å². The number of benzene rings is 2. The Morgan fingerprint density at radius 1 is 1.27 bits per heavy atom. The number of rotatable bonds is 4. The van der Waals surface area contributed by atoms with Gasteiger partial charge in [-0.2, -0.15) is 0 Å². The summed E-state index contributed by atoms with van der Waals surface area (Å²) in [5.74, 6) is -0.170. The highest BCUT2D eigenvalue weighted by Crippen LogP contribution is 2.29. The molecule has 0 bridgehead atoms. The summed E-state index contributed by atoms with van der Waals surface area (Å²) in [4.78, 5) is 16.8. The number of anilines is 1. The van der Waals surface area contributed by atoms with Gasteiger partial charge < -0.3 is 14.8 Å². The molecule has 0 aliphatic carbocycles. The highest BCUT2D eigenvalue weighted by molar-refractivity contribution is 7.80. The van der Waals surface area contributed by atoms with Crippen LogP contribution in [0, 0.1) is 5.82 Å². The summed E-state index contributed by atoms with van der Waals surface area (Å²) >= 11 is 5.41. The van der Waals surface area contributed by atoms with Crippen LogP contribution < -0.4 is 10.1 Å². The summed E-state index contributed by atoms with van der Waals surface area (Å²) in [5.41, 5.74) is 2.54. The lowest BCUT2D eigenvalue weighted by molar-refractivity contribution is -0.140. The van der Waals surface area contributed by atoms with Gasteiger partial charge in [-0.1, -0.05) is 24.4 Å². The fraction of sp³-hybridized carbons (Fsp3) is 0.211. The van der Waals surface area contributed by atoms with E-state index in [1.807, 2.05) is 6.07 Å². The number of nitrogens with one attached hydrogen (secondary N) is 1. The van der Waals surface area contributed by atoms with Crippen LogP contribution in [-0.2, 0) is 9.53 Å². The summed E-state index contributed by atoms with van der Waals surface area (Å²) in [5, 5.41) is 3.13. The molecular weight excluding hydrogens is 355 g/mol. The fourth-order valence-electron chi connectivity index (χ4n) is 2.70. The lowest BCUT2D eigenvalue weighted by Crippen LogP contribution is -2.26. The Balaban J connectivity index is 2.17. The van der Waals surface area contributed by atoms with E-state index in [0.29, 0.717) is 33.3 Å². The minimum atomic E-state index is -0.617. The van der Waals surface area contributed by atoms with Crippen molar-refractivity contribution in [3.8, 4) is 5.75 Å². The minimum Gasteiger partial charge on any atom is -0.497 e. The van der Waals surface area contributed by atoms with Gasteiger partial charge in [-0.25, -0.2) is 4.39 Å². The normalized spacial score (nSPS) is 16.0. The molecule has 1 atom stereocenters. The van der Waals surface area contributed by atoms with Crippen molar-refractivity contribution in [2.45, 2.75) is 12.5 Å². The zero-order valence-electron chi connectivity index (χ0n) is 14.3. The fourth-order valence-corrected chi connectivity index (χ4v) is 2.95. The van der Waals surface area contributed by atoms with E-state index in [1.165, 1.54) is 19.2 Å². The quantitative estimate of drug-likeness (QED) is 0.659. The first kappa shape index (κ1) is 18.0. The van der Waals surface area contributed by atoms with Crippen molar-refractivity contribution < 1.29 is 18.7 Å². The van der Waals surface area contributed by atoms with Crippen LogP contribution >= 0.6 is 12.2 Å². The molecule has 26 heavy (non-hydrogen) atoms. The number of esters is 1. The van der Waals surface area contributed by atoms with E-state index in [1.54, 1.807) is 31.4 Å². The van der Waals surface area contributed by atoms with Crippen LogP contribution in [0.4, 0.5) is 10.1 Å². The van der Waals surface area contributed by atoms with Gasteiger partial charge in [0, 0.05) is 16.8 Å². The van der Waals surface area contributed by atoms with Crippen molar-refractivity contribution in [1.29, 1.82) is 0 Å². The number of benzodiazepines with no additional fused rings is 1. The van der Waals surface area contributed by atoms with Gasteiger partial charge >= 0.3 is 5.97 Å². The molecule has 134 valence electrons. The van der Waals surface area contributed by atoms with Crippen molar-refractivity contribution in [3.63, 3.8) is 0 Å². The Bertz CT molecular complexity index is 898. The number of methoxy groups -OCH3 is 2. The maximum Gasteiger partial charge on any atom is 0.308 e. The highest BCUT2D eigenvalue weighted by atomic mass is 32.1. The minimum absolute atomic E-state index is 0.00767. The number of nitrogens with zero attached hydrogens (tertiary/aromatic N) is 1. The average Bonchev–Trinajstić information content (AvgIpc) is 2.77. The summed E-state index contributed by atoms with van der Waals surface area (Å²) in [7, 11) is 2.88. The van der Waals surface area contributed by atoms with E-state index in [0.717, 1.165) is 0 Å². The van der Waals surface area contributed by atoms with Gasteiger partial charge in [-0.05, 0) is 30.3 Å². The number of carbonyl (C=O) groups is 1. The zero-order chi connectivity index (χ0) is 18.7. The molecule has 0 aromatic heterocycles. The second kappa shape index (κ2) is 7.61. The van der Waals surface area contributed by atoms with E-state index in [-0.39, 0.29) is 12.2 Å². The smallest absolute Gasteiger partial charge is 0.308 e. The van der Waals surface area contributed by atoms with E-state index >= 15 is 0 Å². The SMILES string of the molecule is COC(=O)C[C@@H]1N=C(c2cccc(F)c2)c2cc(OC)ccc2NC1=S. The predicted molar refractivity (Wildman–Crippen MR) is 102 cm³/mol. The van der Waals surface area contributed by atoms with Gasteiger partial charge in [0.15, 0.2) is 0 Å². The van der Waals surface area contributed by atoms with E-state index in [2.05, 4.69) is 10.3 Å². The summed E-state index contributed by atoms with van der Waals surface area (Å²) in [6.45, 7) is 0. The largest absolute Gasteiger partial charge is 0.497 e. The van der Waals surface area contributed by atoms with E-state index in [9.17, 15) is 9.18 Å². The molecule has 1 N–H and O–H groups in total. The molecule has 0 saturated carbocycles. The van der Waals surface area contributed by atoms with Crippen LogP contribution in [0.2, 0.25) is 0 Å². The first-order chi connectivity index (χ1) is 12.5. The summed E-state index contributed by atoms with van der Waals surface area (Å²) in [6.07, 6.45) is -0.00767. The number of aliphatic imine (C=N–C) groups is 1. The second-order valence-electron chi connectivity index (χ2n) is 5.68. The number of carbonyl (C=O) groups excluding carboxylic acids is 1. The molecule has 0 amide bonds. The lowest BCUT2D eigenvalue weighted by atomic mass is 10.00. The van der Waals surface area contributed by atoms with E-state index < -0.39 is 12.0 Å². The van der Waals surface area contributed by atoms with Crippen molar-refractivity contribution in [2.24, 2.45) is 4.99 Å². The van der Waals surface area contributed by atoms with Gasteiger partial charge in [0.1, 0.15) is 22.6 Å². The van der Waals surface area contributed by atoms with Crippen LogP contribution in [0.5, 0.6) is 5.75 Å². The molecule has 0 unspecified atom stereocenters. The number of halogens is 1. The Hall–Kier alpha value is -2.80. The maximum absolute atomic E-state index is 13.8. The Labute approximate surface area is 155 Å². The molecule has 0 spiro atoms. The van der Waals surface area contributed by atoms with Gasteiger partial charge in [0.2, 0.25) is 0 Å². The van der Waals surface area contributed by atoms with Crippen LogP contribution in [0.3, 0.4) is 0 Å². The highest BCUT2D eigenvalue weighted by Gasteiger charge is 2.26. The molecule has 2 aromatic carbocycles. The van der Waals surface area contributed by atoms with Crippen LogP contribution in [0.1, 0.15) is 17.5 Å². The topological polar surface area (TPSA) is 59.9 Å². The lowest BCUT2D eigenvalue weighted by Gasteiger charge is -2.12. The average molecular weight is 372 g/mol. The van der Waals surface area contributed by atoms with E-state index in [4.69, 9.17) is 21.7 Å². The zero-order valence-corrected chi connectivity index (χ0v) is 15.1. The van der Waals surface area contributed by atoms with Crippen LogP contribution in [0.15, 0.2) is 47.5 Å². The van der Waals surface area contributed by atoms with Crippen LogP contribution in [-0.4, -0.2) is 36.9 Å². The molecule has 5 nitrogen and oxygen atoms in total.